The van der Waals surface area contributed by atoms with E-state index in [0.717, 1.165) is 0 Å². The van der Waals surface area contributed by atoms with Crippen molar-refractivity contribution in [2.75, 3.05) is 0 Å². The van der Waals surface area contributed by atoms with Crippen LogP contribution in [0.3, 0.4) is 0 Å². The standard InChI is InChI=1S/BrO4PS.Li/c1-7(4,5)6(2)3;. The van der Waals surface area contributed by atoms with Gasteiger partial charge in [0.25, 0.3) is 0 Å². The molecule has 0 heterocycles. The van der Waals surface area contributed by atoms with Crippen LogP contribution in [0.4, 0.5) is 0 Å². The SMILES string of the molecule is O=[P+]([O-])S(=O)(=O)Br.[Li]. The van der Waals surface area contributed by atoms with Crippen LogP contribution in [0, 0.1) is 0 Å². The molecule has 0 aromatic rings. The van der Waals surface area contributed by atoms with Crippen LogP contribution in [0.1, 0.15) is 0 Å². The van der Waals surface area contributed by atoms with E-state index in [9.17, 15) is 17.9 Å². The van der Waals surface area contributed by atoms with E-state index in [2.05, 4.69) is 0 Å². The van der Waals surface area contributed by atoms with Crippen molar-refractivity contribution < 1.29 is 17.9 Å². The molecule has 0 saturated heterocycles. The minimum Gasteiger partial charge on any atom is -0.580 e. The summed E-state index contributed by atoms with van der Waals surface area (Å²) in [5.74, 6) is 0. The summed E-state index contributed by atoms with van der Waals surface area (Å²) in [6.07, 6.45) is 0. The van der Waals surface area contributed by atoms with Gasteiger partial charge < -0.3 is 4.89 Å². The molecule has 1 atom stereocenters. The molecule has 1 unspecified atom stereocenters. The summed E-state index contributed by atoms with van der Waals surface area (Å²) in [6.45, 7) is 0. The van der Waals surface area contributed by atoms with Gasteiger partial charge in [0.2, 0.25) is 0 Å². The van der Waals surface area contributed by atoms with E-state index in [1.165, 1.54) is 0 Å². The maximum absolute atomic E-state index is 9.65. The van der Waals surface area contributed by atoms with Crippen molar-refractivity contribution in [3.63, 3.8) is 0 Å². The Kier molecular flexibility index (Phi) is 5.90. The molecule has 0 N–H and O–H groups in total. The van der Waals surface area contributed by atoms with Gasteiger partial charge in [-0.15, -0.1) is 0 Å². The molecule has 0 rings (SSSR count). The largest absolute Gasteiger partial charge is 0.580 e. The van der Waals surface area contributed by atoms with Crippen LogP contribution >= 0.6 is 22.0 Å². The number of rotatable bonds is 1. The smallest absolute Gasteiger partial charge is 0.453 e. The normalized spacial score (nSPS) is 12.0. The zero-order valence-electron chi connectivity index (χ0n) is 3.87. The summed E-state index contributed by atoms with van der Waals surface area (Å²) in [5.41, 5.74) is 0. The van der Waals surface area contributed by atoms with Gasteiger partial charge in [0.05, 0.1) is 0 Å². The first-order valence-corrected chi connectivity index (χ1v) is 6.14. The Morgan fingerprint density at radius 3 is 1.62 bits per heavy atom. The van der Waals surface area contributed by atoms with Gasteiger partial charge in [-0.05, 0) is 0 Å². The number of halogens is 1. The van der Waals surface area contributed by atoms with E-state index >= 15 is 0 Å². The fourth-order valence-electron chi connectivity index (χ4n) is 0. The summed E-state index contributed by atoms with van der Waals surface area (Å²) in [5, 5.41) is 0. The summed E-state index contributed by atoms with van der Waals surface area (Å²) < 4.78 is 28.7. The van der Waals surface area contributed by atoms with Gasteiger partial charge in [-0.25, -0.2) is 0 Å². The first-order valence-electron chi connectivity index (χ1n) is 1.04. The molecule has 8 heavy (non-hydrogen) atoms. The van der Waals surface area contributed by atoms with Crippen LogP contribution in [0.25, 0.3) is 0 Å². The van der Waals surface area contributed by atoms with Crippen LogP contribution in [-0.2, 0) is 12.5 Å². The Bertz CT molecular complexity index is 170. The van der Waals surface area contributed by atoms with Crippen LogP contribution in [0.5, 0.6) is 0 Å². The number of hydrogen-bond acceptors (Lipinski definition) is 4. The molecule has 0 aliphatic rings. The zero-order valence-corrected chi connectivity index (χ0v) is 7.16. The monoisotopic (exact) mass is 213 g/mol. The summed E-state index contributed by atoms with van der Waals surface area (Å²) in [4.78, 5) is 9.42. The minimum atomic E-state index is -3.97. The van der Waals surface area contributed by atoms with Gasteiger partial charge in [0.15, 0.2) is 0 Å². The zero-order chi connectivity index (χ0) is 6.08. The molecule has 0 aromatic heterocycles. The molecular weight excluding hydrogens is 214 g/mol. The Morgan fingerprint density at radius 1 is 1.50 bits per heavy atom. The molecule has 0 aliphatic carbocycles. The van der Waals surface area contributed by atoms with Crippen LogP contribution in [0.15, 0.2) is 0 Å². The van der Waals surface area contributed by atoms with E-state index in [-0.39, 0.29) is 18.9 Å². The van der Waals surface area contributed by atoms with Crippen molar-refractivity contribution in [3.8, 4) is 0 Å². The molecule has 0 aliphatic heterocycles. The van der Waals surface area contributed by atoms with Gasteiger partial charge in [-0.2, -0.15) is 8.42 Å². The summed E-state index contributed by atoms with van der Waals surface area (Å²) in [6, 6.07) is 0. The van der Waals surface area contributed by atoms with Crippen LogP contribution in [-0.4, -0.2) is 27.3 Å². The molecule has 43 valence electrons. The van der Waals surface area contributed by atoms with Gasteiger partial charge in [0, 0.05) is 18.9 Å². The Balaban J connectivity index is 0. The van der Waals surface area contributed by atoms with Crippen LogP contribution < -0.4 is 4.89 Å². The Labute approximate surface area is 66.6 Å². The Hall–Kier alpha value is 1.09. The second-order valence-corrected chi connectivity index (χ2v) is 8.30. The molecular formula is BrLiO4PS. The quantitative estimate of drug-likeness (QED) is 0.330. The molecule has 0 spiro atoms. The predicted molar refractivity (Wildman–Crippen MR) is 31.2 cm³/mol. The van der Waals surface area contributed by atoms with Crippen molar-refractivity contribution in [2.45, 2.75) is 0 Å². The van der Waals surface area contributed by atoms with Crippen molar-refractivity contribution in [2.24, 2.45) is 0 Å². The summed E-state index contributed by atoms with van der Waals surface area (Å²) >= 11 is 1.92. The third kappa shape index (κ3) is 5.23. The van der Waals surface area contributed by atoms with E-state index in [1.807, 2.05) is 14.8 Å². The second-order valence-electron chi connectivity index (χ2n) is 0.636. The molecule has 1 radical (unpaired) electrons. The van der Waals surface area contributed by atoms with E-state index in [4.69, 9.17) is 0 Å². The second kappa shape index (κ2) is 3.99. The number of hydrogen-bond donors (Lipinski definition) is 0. The van der Waals surface area contributed by atoms with Crippen molar-refractivity contribution in [1.29, 1.82) is 0 Å². The third-order valence-electron chi connectivity index (χ3n) is 0.178. The third-order valence-corrected chi connectivity index (χ3v) is 3.73. The first-order chi connectivity index (χ1) is 2.94. The van der Waals surface area contributed by atoms with Gasteiger partial charge >= 0.3 is 15.1 Å². The molecule has 8 heteroatoms. The average Bonchev–Trinajstić information content (AvgIpc) is 1.31. The molecule has 0 bridgehead atoms. The van der Waals surface area contributed by atoms with E-state index < -0.39 is 15.1 Å². The topological polar surface area (TPSA) is 74.3 Å². The molecule has 0 fully saturated rings. The molecule has 0 saturated carbocycles. The molecule has 0 amide bonds. The van der Waals surface area contributed by atoms with Crippen molar-refractivity contribution in [1.82, 2.24) is 0 Å². The fourth-order valence-corrected chi connectivity index (χ4v) is 0. The first kappa shape index (κ1) is 11.8. The molecule has 4 nitrogen and oxygen atoms in total. The van der Waals surface area contributed by atoms with E-state index in [1.54, 1.807) is 0 Å². The van der Waals surface area contributed by atoms with Gasteiger partial charge in [-0.3, -0.25) is 0 Å². The van der Waals surface area contributed by atoms with Crippen molar-refractivity contribution in [3.05, 3.63) is 0 Å². The van der Waals surface area contributed by atoms with Crippen LogP contribution in [0.2, 0.25) is 0 Å². The molecule has 0 aromatic carbocycles. The van der Waals surface area contributed by atoms with Gasteiger partial charge in [-0.1, -0.05) is 4.57 Å². The van der Waals surface area contributed by atoms with Gasteiger partial charge in [0.1, 0.15) is 14.8 Å². The van der Waals surface area contributed by atoms with Crippen molar-refractivity contribution >= 4 is 48.8 Å². The Morgan fingerprint density at radius 2 is 1.62 bits per heavy atom. The fraction of sp³-hybridized carbons (Fsp3) is 0. The maximum atomic E-state index is 9.65. The van der Waals surface area contributed by atoms with E-state index in [0.29, 0.717) is 0 Å². The predicted octanol–water partition coefficient (Wildman–Crippen LogP) is -0.652. The minimum absolute atomic E-state index is 0. The average molecular weight is 214 g/mol. The summed E-state index contributed by atoms with van der Waals surface area (Å²) in [7, 11) is -7.33. The maximum Gasteiger partial charge on any atom is 0.453 e.